The fourth-order valence-corrected chi connectivity index (χ4v) is 4.05. The fourth-order valence-electron chi connectivity index (χ4n) is 2.40. The lowest BCUT2D eigenvalue weighted by Gasteiger charge is -2.10. The average Bonchev–Trinajstić information content (AvgIpc) is 3.13. The second kappa shape index (κ2) is 8.88. The zero-order valence-electron chi connectivity index (χ0n) is 15.9. The third kappa shape index (κ3) is 5.10. The van der Waals surface area contributed by atoms with Crippen molar-refractivity contribution in [2.45, 2.75) is 11.8 Å². The highest BCUT2D eigenvalue weighted by Crippen LogP contribution is 2.29. The summed E-state index contributed by atoms with van der Waals surface area (Å²) in [5.41, 5.74) is 3.08. The van der Waals surface area contributed by atoms with Gasteiger partial charge in [0, 0.05) is 17.1 Å². The summed E-state index contributed by atoms with van der Waals surface area (Å²) in [7, 11) is -2.54. The van der Waals surface area contributed by atoms with E-state index in [4.69, 9.17) is 4.74 Å². The molecule has 12 heteroatoms. The first-order valence-corrected chi connectivity index (χ1v) is 10.8. The first-order chi connectivity index (χ1) is 14.3. The number of anilines is 2. The number of nitrogens with one attached hydrogen (secondary N) is 2. The number of aromatic nitrogens is 1. The Labute approximate surface area is 176 Å². The maximum Gasteiger partial charge on any atom is 0.295 e. The summed E-state index contributed by atoms with van der Waals surface area (Å²) in [5.74, 6) is 0.567. The normalized spacial score (nSPS) is 11.4. The number of thiazole rings is 1. The summed E-state index contributed by atoms with van der Waals surface area (Å²) in [4.78, 5) is 14.7. The van der Waals surface area contributed by atoms with Gasteiger partial charge in [-0.2, -0.15) is 5.10 Å². The summed E-state index contributed by atoms with van der Waals surface area (Å²) in [5, 5.41) is 18.0. The van der Waals surface area contributed by atoms with E-state index in [-0.39, 0.29) is 10.6 Å². The zero-order valence-corrected chi connectivity index (χ0v) is 17.5. The Morgan fingerprint density at radius 1 is 1.23 bits per heavy atom. The van der Waals surface area contributed by atoms with E-state index in [1.165, 1.54) is 48.9 Å². The minimum atomic E-state index is -4.04. The molecule has 3 aromatic rings. The van der Waals surface area contributed by atoms with Crippen LogP contribution in [0, 0.1) is 17.0 Å². The topological polar surface area (TPSA) is 136 Å². The second-order valence-corrected chi connectivity index (χ2v) is 8.68. The molecule has 1 heterocycles. The number of hydrazone groups is 1. The maximum atomic E-state index is 12.6. The highest BCUT2D eigenvalue weighted by atomic mass is 32.2. The molecule has 0 bridgehead atoms. The summed E-state index contributed by atoms with van der Waals surface area (Å²) in [6.45, 7) is 1.85. The highest BCUT2D eigenvalue weighted by molar-refractivity contribution is 7.92. The van der Waals surface area contributed by atoms with Gasteiger partial charge in [0.25, 0.3) is 15.7 Å². The molecule has 156 valence electrons. The standard InChI is InChI=1S/C18H17N5O5S2/c1-12-20-14(11-29-12)10-19-21-17-8-7-16(9-18(17)23(24)25)30(26,27)22-13-3-5-15(28-2)6-4-13/h3-11,21-22H,1-2H3/b19-10+. The number of hydrogen-bond donors (Lipinski definition) is 2. The number of aryl methyl sites for hydroxylation is 1. The quantitative estimate of drug-likeness (QED) is 0.306. The van der Waals surface area contributed by atoms with Crippen molar-refractivity contribution in [3.63, 3.8) is 0 Å². The largest absolute Gasteiger partial charge is 0.497 e. The van der Waals surface area contributed by atoms with Crippen LogP contribution in [-0.4, -0.2) is 31.6 Å². The number of rotatable bonds is 8. The van der Waals surface area contributed by atoms with Crippen LogP contribution in [0.1, 0.15) is 10.7 Å². The lowest BCUT2D eigenvalue weighted by atomic mass is 10.3. The van der Waals surface area contributed by atoms with Gasteiger partial charge in [-0.3, -0.25) is 20.3 Å². The molecule has 0 amide bonds. The lowest BCUT2D eigenvalue weighted by molar-refractivity contribution is -0.384. The van der Waals surface area contributed by atoms with Crippen molar-refractivity contribution in [3.05, 3.63) is 68.7 Å². The van der Waals surface area contributed by atoms with Crippen LogP contribution in [0.2, 0.25) is 0 Å². The van der Waals surface area contributed by atoms with Crippen LogP contribution in [0.25, 0.3) is 0 Å². The number of nitrogens with zero attached hydrogens (tertiary/aromatic N) is 3. The van der Waals surface area contributed by atoms with Crippen LogP contribution in [0.5, 0.6) is 5.75 Å². The summed E-state index contributed by atoms with van der Waals surface area (Å²) < 4.78 is 32.6. The maximum absolute atomic E-state index is 12.6. The number of sulfonamides is 1. The molecule has 3 rings (SSSR count). The van der Waals surface area contributed by atoms with E-state index in [0.29, 0.717) is 17.1 Å². The molecule has 0 aliphatic carbocycles. The molecule has 10 nitrogen and oxygen atoms in total. The van der Waals surface area contributed by atoms with E-state index in [1.807, 2.05) is 6.92 Å². The monoisotopic (exact) mass is 447 g/mol. The summed E-state index contributed by atoms with van der Waals surface area (Å²) in [6, 6.07) is 9.74. The lowest BCUT2D eigenvalue weighted by Crippen LogP contribution is -2.13. The van der Waals surface area contributed by atoms with Gasteiger partial charge in [-0.1, -0.05) is 0 Å². The van der Waals surface area contributed by atoms with Crippen molar-refractivity contribution in [2.24, 2.45) is 5.10 Å². The smallest absolute Gasteiger partial charge is 0.295 e. The highest BCUT2D eigenvalue weighted by Gasteiger charge is 2.21. The Morgan fingerprint density at radius 2 is 1.97 bits per heavy atom. The number of benzene rings is 2. The van der Waals surface area contributed by atoms with Gasteiger partial charge in [0.15, 0.2) is 0 Å². The third-order valence-electron chi connectivity index (χ3n) is 3.84. The minimum absolute atomic E-state index is 0.0478. The molecule has 2 N–H and O–H groups in total. The Balaban J connectivity index is 1.82. The van der Waals surface area contributed by atoms with Crippen LogP contribution in [-0.2, 0) is 10.0 Å². The molecule has 0 unspecified atom stereocenters. The molecule has 0 atom stereocenters. The Morgan fingerprint density at radius 3 is 2.57 bits per heavy atom. The Kier molecular flexibility index (Phi) is 6.28. The molecule has 1 aromatic heterocycles. The van der Waals surface area contributed by atoms with E-state index in [1.54, 1.807) is 17.5 Å². The molecule has 0 aliphatic heterocycles. The van der Waals surface area contributed by atoms with Crippen LogP contribution in [0.3, 0.4) is 0 Å². The molecular weight excluding hydrogens is 430 g/mol. The van der Waals surface area contributed by atoms with Crippen LogP contribution in [0.4, 0.5) is 17.1 Å². The molecule has 0 aliphatic rings. The van der Waals surface area contributed by atoms with Gasteiger partial charge >= 0.3 is 0 Å². The molecule has 0 spiro atoms. The van der Waals surface area contributed by atoms with E-state index >= 15 is 0 Å². The molecule has 0 saturated heterocycles. The number of ether oxygens (including phenoxy) is 1. The van der Waals surface area contributed by atoms with Gasteiger partial charge in [-0.05, 0) is 43.3 Å². The molecule has 0 saturated carbocycles. The van der Waals surface area contributed by atoms with Crippen molar-refractivity contribution >= 4 is 44.6 Å². The van der Waals surface area contributed by atoms with E-state index in [2.05, 4.69) is 20.2 Å². The molecule has 0 radical (unpaired) electrons. The van der Waals surface area contributed by atoms with Crippen LogP contribution in [0.15, 0.2) is 57.8 Å². The van der Waals surface area contributed by atoms with Gasteiger partial charge in [0.1, 0.15) is 11.4 Å². The van der Waals surface area contributed by atoms with Gasteiger partial charge in [-0.15, -0.1) is 11.3 Å². The van der Waals surface area contributed by atoms with Crippen LogP contribution < -0.4 is 14.9 Å². The van der Waals surface area contributed by atoms with Crippen molar-refractivity contribution in [3.8, 4) is 5.75 Å². The molecule has 0 fully saturated rings. The van der Waals surface area contributed by atoms with Gasteiger partial charge in [-0.25, -0.2) is 13.4 Å². The van der Waals surface area contributed by atoms with E-state index in [9.17, 15) is 18.5 Å². The van der Waals surface area contributed by atoms with Gasteiger partial charge in [0.05, 0.1) is 33.8 Å². The minimum Gasteiger partial charge on any atom is -0.497 e. The fraction of sp³-hybridized carbons (Fsp3) is 0.111. The number of nitro benzene ring substituents is 1. The van der Waals surface area contributed by atoms with Gasteiger partial charge in [0.2, 0.25) is 0 Å². The summed E-state index contributed by atoms with van der Waals surface area (Å²) in [6.07, 6.45) is 1.42. The first-order valence-electron chi connectivity index (χ1n) is 8.45. The number of nitro groups is 1. The molecule has 2 aromatic carbocycles. The van der Waals surface area contributed by atoms with E-state index in [0.717, 1.165) is 11.1 Å². The summed E-state index contributed by atoms with van der Waals surface area (Å²) >= 11 is 1.45. The molecule has 30 heavy (non-hydrogen) atoms. The first kappa shape index (κ1) is 21.2. The van der Waals surface area contributed by atoms with Crippen molar-refractivity contribution in [2.75, 3.05) is 17.3 Å². The van der Waals surface area contributed by atoms with Crippen LogP contribution >= 0.6 is 11.3 Å². The van der Waals surface area contributed by atoms with Crippen molar-refractivity contribution in [1.82, 2.24) is 4.98 Å². The second-order valence-electron chi connectivity index (χ2n) is 5.93. The predicted octanol–water partition coefficient (Wildman–Crippen LogP) is 3.62. The average molecular weight is 447 g/mol. The SMILES string of the molecule is COc1ccc(NS(=O)(=O)c2ccc(N/N=C/c3csc(C)n3)c([N+](=O)[O-])c2)cc1. The number of methoxy groups -OCH3 is 1. The number of hydrogen-bond acceptors (Lipinski definition) is 9. The Hall–Kier alpha value is -3.51. The zero-order chi connectivity index (χ0) is 21.7. The van der Waals surface area contributed by atoms with Gasteiger partial charge < -0.3 is 4.74 Å². The predicted molar refractivity (Wildman–Crippen MR) is 115 cm³/mol. The van der Waals surface area contributed by atoms with Crippen molar-refractivity contribution < 1.29 is 18.1 Å². The van der Waals surface area contributed by atoms with Crippen molar-refractivity contribution in [1.29, 1.82) is 0 Å². The molecular formula is C18H17N5O5S2. The Bertz CT molecular complexity index is 1190. The van der Waals surface area contributed by atoms with E-state index < -0.39 is 20.6 Å². The third-order valence-corrected chi connectivity index (χ3v) is 6.01.